The molecule has 2 rings (SSSR count). The van der Waals surface area contributed by atoms with Gasteiger partial charge in [-0.2, -0.15) is 0 Å². The van der Waals surface area contributed by atoms with Gasteiger partial charge >= 0.3 is 0 Å². The summed E-state index contributed by atoms with van der Waals surface area (Å²) in [5.74, 6) is 0.0609. The fourth-order valence-corrected chi connectivity index (χ4v) is 2.14. The first kappa shape index (κ1) is 14.5. The average Bonchev–Trinajstić information content (AvgIpc) is 2.46. The molecule has 0 aliphatic heterocycles. The lowest BCUT2D eigenvalue weighted by Gasteiger charge is -2.23. The molecule has 104 valence electrons. The number of carbonyl (C=O) groups excluding carboxylic acids is 1. The number of hydrogen-bond acceptors (Lipinski definition) is 2. The van der Waals surface area contributed by atoms with Crippen molar-refractivity contribution in [2.24, 2.45) is 5.73 Å². The second-order valence-corrected chi connectivity index (χ2v) is 5.86. The van der Waals surface area contributed by atoms with Crippen LogP contribution >= 0.6 is 0 Å². The Balaban J connectivity index is 2.29. The van der Waals surface area contributed by atoms with Gasteiger partial charge < -0.3 is 5.73 Å². The normalized spacial score (nSPS) is 11.4. The zero-order valence-corrected chi connectivity index (χ0v) is 12.3. The van der Waals surface area contributed by atoms with Crippen molar-refractivity contribution in [2.75, 3.05) is 6.54 Å². The molecule has 0 atom stereocenters. The van der Waals surface area contributed by atoms with Gasteiger partial charge in [-0.1, -0.05) is 61.9 Å². The van der Waals surface area contributed by atoms with Crippen LogP contribution in [0.5, 0.6) is 0 Å². The predicted octanol–water partition coefficient (Wildman–Crippen LogP) is 3.46. The lowest BCUT2D eigenvalue weighted by molar-refractivity contribution is 0.103. The molecule has 0 amide bonds. The summed E-state index contributed by atoms with van der Waals surface area (Å²) in [7, 11) is 0. The van der Waals surface area contributed by atoms with E-state index in [4.69, 9.17) is 5.73 Å². The molecule has 0 heterocycles. The van der Waals surface area contributed by atoms with E-state index in [9.17, 15) is 4.79 Å². The number of hydrogen-bond donors (Lipinski definition) is 1. The summed E-state index contributed by atoms with van der Waals surface area (Å²) in [6, 6.07) is 15.4. The summed E-state index contributed by atoms with van der Waals surface area (Å²) >= 11 is 0. The molecule has 0 aliphatic carbocycles. The van der Waals surface area contributed by atoms with E-state index < -0.39 is 0 Å². The van der Waals surface area contributed by atoms with Crippen molar-refractivity contribution in [1.82, 2.24) is 0 Å². The summed E-state index contributed by atoms with van der Waals surface area (Å²) in [5.41, 5.74) is 9.41. The fraction of sp³-hybridized carbons (Fsp3) is 0.278. The first-order valence-corrected chi connectivity index (χ1v) is 6.86. The van der Waals surface area contributed by atoms with E-state index in [0.29, 0.717) is 12.1 Å². The molecule has 2 aromatic carbocycles. The molecule has 0 radical (unpaired) electrons. The second kappa shape index (κ2) is 5.59. The third-order valence-electron chi connectivity index (χ3n) is 3.72. The molecular weight excluding hydrogens is 246 g/mol. The van der Waals surface area contributed by atoms with Crippen LogP contribution in [-0.4, -0.2) is 12.3 Å². The van der Waals surface area contributed by atoms with Crippen LogP contribution in [-0.2, 0) is 5.41 Å². The van der Waals surface area contributed by atoms with E-state index in [1.165, 1.54) is 0 Å². The Morgan fingerprint density at radius 3 is 2.25 bits per heavy atom. The zero-order chi connectivity index (χ0) is 14.8. The maximum atomic E-state index is 12.4. The minimum absolute atomic E-state index is 0.0609. The highest BCUT2D eigenvalue weighted by molar-refractivity contribution is 6.09. The SMILES string of the molecule is Cc1cccc(C(=O)c2ccc(C(C)(C)CN)cc2)c1. The number of benzene rings is 2. The summed E-state index contributed by atoms with van der Waals surface area (Å²) in [5, 5.41) is 0. The molecule has 0 bridgehead atoms. The van der Waals surface area contributed by atoms with Crippen LogP contribution in [0.2, 0.25) is 0 Å². The molecule has 2 heteroatoms. The molecular formula is C18H21NO. The van der Waals surface area contributed by atoms with Gasteiger partial charge in [0.25, 0.3) is 0 Å². The van der Waals surface area contributed by atoms with Gasteiger partial charge in [-0.05, 0) is 18.6 Å². The first-order valence-electron chi connectivity index (χ1n) is 6.86. The van der Waals surface area contributed by atoms with E-state index in [-0.39, 0.29) is 11.2 Å². The van der Waals surface area contributed by atoms with Crippen molar-refractivity contribution in [2.45, 2.75) is 26.2 Å². The largest absolute Gasteiger partial charge is 0.330 e. The average molecular weight is 267 g/mol. The van der Waals surface area contributed by atoms with Crippen LogP contribution in [0.25, 0.3) is 0 Å². The third kappa shape index (κ3) is 2.97. The molecule has 20 heavy (non-hydrogen) atoms. The maximum absolute atomic E-state index is 12.4. The van der Waals surface area contributed by atoms with Crippen molar-refractivity contribution >= 4 is 5.78 Å². The Hall–Kier alpha value is -1.93. The maximum Gasteiger partial charge on any atom is 0.193 e. The summed E-state index contributed by atoms with van der Waals surface area (Å²) in [4.78, 5) is 12.4. The molecule has 0 saturated heterocycles. The van der Waals surface area contributed by atoms with Gasteiger partial charge in [0.2, 0.25) is 0 Å². The Morgan fingerprint density at radius 1 is 1.05 bits per heavy atom. The topological polar surface area (TPSA) is 43.1 Å². The van der Waals surface area contributed by atoms with Gasteiger partial charge in [0.1, 0.15) is 0 Å². The lowest BCUT2D eigenvalue weighted by atomic mass is 9.84. The third-order valence-corrected chi connectivity index (χ3v) is 3.72. The highest BCUT2D eigenvalue weighted by Gasteiger charge is 2.18. The summed E-state index contributed by atoms with van der Waals surface area (Å²) in [6.45, 7) is 6.77. The van der Waals surface area contributed by atoms with Crippen molar-refractivity contribution in [3.8, 4) is 0 Å². The quantitative estimate of drug-likeness (QED) is 0.862. The van der Waals surface area contributed by atoms with Crippen LogP contribution in [0.3, 0.4) is 0 Å². The highest BCUT2D eigenvalue weighted by Crippen LogP contribution is 2.22. The van der Waals surface area contributed by atoms with Gasteiger partial charge in [0.05, 0.1) is 0 Å². The van der Waals surface area contributed by atoms with Crippen LogP contribution in [0.1, 0.15) is 40.9 Å². The highest BCUT2D eigenvalue weighted by atomic mass is 16.1. The molecule has 2 aromatic rings. The molecule has 0 unspecified atom stereocenters. The number of rotatable bonds is 4. The second-order valence-electron chi connectivity index (χ2n) is 5.86. The van der Waals surface area contributed by atoms with E-state index in [2.05, 4.69) is 13.8 Å². The number of carbonyl (C=O) groups is 1. The molecule has 0 saturated carbocycles. The van der Waals surface area contributed by atoms with E-state index in [1.54, 1.807) is 0 Å². The number of aryl methyl sites for hydroxylation is 1. The van der Waals surface area contributed by atoms with E-state index >= 15 is 0 Å². The van der Waals surface area contributed by atoms with Crippen molar-refractivity contribution in [3.63, 3.8) is 0 Å². The smallest absolute Gasteiger partial charge is 0.193 e. The molecule has 0 fully saturated rings. The molecule has 0 spiro atoms. The van der Waals surface area contributed by atoms with E-state index in [1.807, 2.05) is 55.5 Å². The Kier molecular flexibility index (Phi) is 4.05. The number of ketones is 1. The monoisotopic (exact) mass is 267 g/mol. The van der Waals surface area contributed by atoms with Gasteiger partial charge in [0.15, 0.2) is 5.78 Å². The Morgan fingerprint density at radius 2 is 1.70 bits per heavy atom. The van der Waals surface area contributed by atoms with E-state index in [0.717, 1.165) is 16.7 Å². The molecule has 2 N–H and O–H groups in total. The molecule has 2 nitrogen and oxygen atoms in total. The molecule has 0 aromatic heterocycles. The van der Waals surface area contributed by atoms with Crippen molar-refractivity contribution in [1.29, 1.82) is 0 Å². The number of nitrogens with two attached hydrogens (primary N) is 1. The standard InChI is InChI=1S/C18H21NO/c1-13-5-4-6-15(11-13)17(20)14-7-9-16(10-8-14)18(2,3)12-19/h4-11H,12,19H2,1-3H3. The molecule has 0 aliphatic rings. The van der Waals surface area contributed by atoms with Crippen LogP contribution in [0.15, 0.2) is 48.5 Å². The van der Waals surface area contributed by atoms with Crippen molar-refractivity contribution in [3.05, 3.63) is 70.8 Å². The predicted molar refractivity (Wildman–Crippen MR) is 83.1 cm³/mol. The first-order chi connectivity index (χ1) is 9.44. The van der Waals surface area contributed by atoms with Gasteiger partial charge in [-0.15, -0.1) is 0 Å². The zero-order valence-electron chi connectivity index (χ0n) is 12.3. The fourth-order valence-electron chi connectivity index (χ4n) is 2.14. The Labute approximate surface area is 120 Å². The van der Waals surface area contributed by atoms with Crippen LogP contribution in [0, 0.1) is 6.92 Å². The summed E-state index contributed by atoms with van der Waals surface area (Å²) in [6.07, 6.45) is 0. The summed E-state index contributed by atoms with van der Waals surface area (Å²) < 4.78 is 0. The minimum Gasteiger partial charge on any atom is -0.330 e. The Bertz CT molecular complexity index is 612. The minimum atomic E-state index is -0.0646. The van der Waals surface area contributed by atoms with Crippen LogP contribution < -0.4 is 5.73 Å². The van der Waals surface area contributed by atoms with Crippen LogP contribution in [0.4, 0.5) is 0 Å². The van der Waals surface area contributed by atoms with Gasteiger partial charge in [0, 0.05) is 23.1 Å². The van der Waals surface area contributed by atoms with Crippen molar-refractivity contribution < 1.29 is 4.79 Å². The van der Waals surface area contributed by atoms with Gasteiger partial charge in [-0.25, -0.2) is 0 Å². The lowest BCUT2D eigenvalue weighted by Crippen LogP contribution is -2.28. The van der Waals surface area contributed by atoms with Gasteiger partial charge in [-0.3, -0.25) is 4.79 Å².